The number of hydrogen-bond acceptors (Lipinski definition) is 5. The van der Waals surface area contributed by atoms with E-state index in [1.165, 1.54) is 30.5 Å². The van der Waals surface area contributed by atoms with Crippen molar-refractivity contribution in [2.45, 2.75) is 48.6 Å². The molecule has 1 saturated heterocycles. The Morgan fingerprint density at radius 1 is 1.05 bits per heavy atom. The molecule has 214 valence electrons. The molecule has 3 aromatic rings. The van der Waals surface area contributed by atoms with E-state index in [-0.39, 0.29) is 29.1 Å². The molecule has 1 saturated carbocycles. The van der Waals surface area contributed by atoms with Crippen LogP contribution in [-0.4, -0.2) is 49.4 Å². The number of benzene rings is 3. The van der Waals surface area contributed by atoms with E-state index in [0.29, 0.717) is 29.6 Å². The molecule has 41 heavy (non-hydrogen) atoms. The van der Waals surface area contributed by atoms with Crippen LogP contribution in [0, 0.1) is 11.7 Å². The van der Waals surface area contributed by atoms with Gasteiger partial charge in [-0.2, -0.15) is 0 Å². The number of anilines is 1. The van der Waals surface area contributed by atoms with Crippen LogP contribution < -0.4 is 14.9 Å². The van der Waals surface area contributed by atoms with Gasteiger partial charge in [-0.25, -0.2) is 4.39 Å². The fraction of sp³-hybridized carbons (Fsp3) is 0.375. The maximum atomic E-state index is 13.7. The van der Waals surface area contributed by atoms with Crippen molar-refractivity contribution >= 4 is 41.1 Å². The molecular formula is C32H34ClFN4O2S. The van der Waals surface area contributed by atoms with Gasteiger partial charge in [-0.15, -0.1) is 0 Å². The highest BCUT2D eigenvalue weighted by Crippen LogP contribution is 2.60. The van der Waals surface area contributed by atoms with Crippen LogP contribution in [0.3, 0.4) is 0 Å². The summed E-state index contributed by atoms with van der Waals surface area (Å²) in [7, 11) is 1.67. The molecule has 6 nitrogen and oxygen atoms in total. The van der Waals surface area contributed by atoms with Crippen molar-refractivity contribution in [1.29, 1.82) is 0 Å². The number of likely N-dealkylation sites (tertiary alicyclic amines) is 1. The molecule has 3 aromatic carbocycles. The number of fused-ring (bicyclic) bond motifs is 2. The van der Waals surface area contributed by atoms with Gasteiger partial charge < -0.3 is 14.9 Å². The minimum absolute atomic E-state index is 0.0254. The Morgan fingerprint density at radius 3 is 2.46 bits per heavy atom. The Bertz CT molecular complexity index is 1440. The Labute approximate surface area is 249 Å². The topological polar surface area (TPSA) is 64.7 Å². The second kappa shape index (κ2) is 11.7. The van der Waals surface area contributed by atoms with Gasteiger partial charge in [0.05, 0.1) is 18.3 Å². The largest absolute Gasteiger partial charge is 0.358 e. The van der Waals surface area contributed by atoms with Crippen LogP contribution in [0.2, 0.25) is 5.02 Å². The van der Waals surface area contributed by atoms with Crippen LogP contribution in [0.5, 0.6) is 0 Å². The van der Waals surface area contributed by atoms with Gasteiger partial charge in [0.1, 0.15) is 5.82 Å². The van der Waals surface area contributed by atoms with Crippen LogP contribution in [0.15, 0.2) is 71.6 Å². The Hall–Kier alpha value is -3.07. The fourth-order valence-electron chi connectivity index (χ4n) is 6.45. The second-order valence-electron chi connectivity index (χ2n) is 11.3. The van der Waals surface area contributed by atoms with Gasteiger partial charge in [-0.3, -0.25) is 14.5 Å². The first-order valence-electron chi connectivity index (χ1n) is 14.2. The lowest BCUT2D eigenvalue weighted by Crippen LogP contribution is -2.52. The molecule has 2 aliphatic heterocycles. The van der Waals surface area contributed by atoms with Gasteiger partial charge >= 0.3 is 0 Å². The van der Waals surface area contributed by atoms with Crippen molar-refractivity contribution in [3.63, 3.8) is 0 Å². The number of hydrogen-bond donors (Lipinski definition) is 2. The van der Waals surface area contributed by atoms with Crippen molar-refractivity contribution in [1.82, 2.24) is 15.5 Å². The maximum absolute atomic E-state index is 13.7. The highest BCUT2D eigenvalue weighted by molar-refractivity contribution is 8.00. The van der Waals surface area contributed by atoms with Gasteiger partial charge in [0, 0.05) is 34.5 Å². The number of piperidine rings is 1. The van der Waals surface area contributed by atoms with E-state index in [1.807, 2.05) is 42.5 Å². The summed E-state index contributed by atoms with van der Waals surface area (Å²) in [5.41, 5.74) is 3.69. The summed E-state index contributed by atoms with van der Waals surface area (Å²) in [6.45, 7) is 2.38. The average Bonchev–Trinajstić information content (AvgIpc) is 3.79. The van der Waals surface area contributed by atoms with Crippen molar-refractivity contribution in [2.75, 3.05) is 31.0 Å². The number of halogens is 2. The third-order valence-corrected chi connectivity index (χ3v) is 10.2. The van der Waals surface area contributed by atoms with Crippen LogP contribution in [0.4, 0.5) is 10.1 Å². The molecule has 9 heteroatoms. The average molecular weight is 593 g/mol. The molecular weight excluding hydrogens is 559 g/mol. The first kappa shape index (κ1) is 28.1. The summed E-state index contributed by atoms with van der Waals surface area (Å²) in [5.74, 6) is 0.200. The lowest BCUT2D eigenvalue weighted by molar-refractivity contribution is -0.122. The maximum Gasteiger partial charge on any atom is 0.251 e. The first-order valence-corrected chi connectivity index (χ1v) is 15.3. The molecule has 3 aliphatic rings. The van der Waals surface area contributed by atoms with Gasteiger partial charge in [0.15, 0.2) is 0 Å². The minimum Gasteiger partial charge on any atom is -0.358 e. The zero-order valence-electron chi connectivity index (χ0n) is 23.0. The van der Waals surface area contributed by atoms with Crippen LogP contribution >= 0.6 is 23.5 Å². The molecule has 0 aromatic heterocycles. The van der Waals surface area contributed by atoms with Crippen LogP contribution in [0.25, 0.3) is 0 Å². The summed E-state index contributed by atoms with van der Waals surface area (Å²) in [4.78, 5) is 28.7. The molecule has 1 aliphatic carbocycles. The molecule has 0 radical (unpaired) electrons. The monoisotopic (exact) mass is 592 g/mol. The van der Waals surface area contributed by atoms with Gasteiger partial charge in [-0.05, 0) is 116 Å². The van der Waals surface area contributed by atoms with Gasteiger partial charge in [0.2, 0.25) is 5.91 Å². The van der Waals surface area contributed by atoms with E-state index in [2.05, 4.69) is 32.0 Å². The summed E-state index contributed by atoms with van der Waals surface area (Å²) >= 11 is 7.97. The van der Waals surface area contributed by atoms with E-state index in [1.54, 1.807) is 19.0 Å². The number of carbonyl (C=O) groups is 2. The number of amides is 2. The SMILES string of the molecule is CNC(=O)CN1CCC2(CC1)c1cc(C(=O)NCc3ccccc3Cl)ccc1N(Sc1ccc(F)cc1)C2C1CC1. The number of nitrogens with one attached hydrogen (secondary N) is 2. The quantitative estimate of drug-likeness (QED) is 0.324. The lowest BCUT2D eigenvalue weighted by Gasteiger charge is -2.45. The van der Waals surface area contributed by atoms with Crippen LogP contribution in [0.1, 0.15) is 47.2 Å². The van der Waals surface area contributed by atoms with E-state index in [0.717, 1.165) is 42.1 Å². The van der Waals surface area contributed by atoms with E-state index in [9.17, 15) is 14.0 Å². The lowest BCUT2D eigenvalue weighted by atomic mass is 9.68. The molecule has 2 amide bonds. The standard InChI is InChI=1S/C32H34ClFN4O2S/c1-35-29(39)20-37-16-14-32(15-17-37)26-18-22(31(40)36-19-23-4-2-3-5-27(23)33)8-13-28(26)38(30(32)21-6-7-21)41-25-11-9-24(34)10-12-25/h2-5,8-13,18,21,30H,6-7,14-17,19-20H2,1H3,(H,35,39)(H,36,40). The summed E-state index contributed by atoms with van der Waals surface area (Å²) < 4.78 is 16.1. The summed E-state index contributed by atoms with van der Waals surface area (Å²) in [6.07, 6.45) is 4.16. The third-order valence-electron chi connectivity index (χ3n) is 8.73. The normalized spacial score (nSPS) is 19.7. The van der Waals surface area contributed by atoms with Crippen molar-refractivity contribution < 1.29 is 14.0 Å². The van der Waals surface area contributed by atoms with E-state index >= 15 is 0 Å². The molecule has 2 fully saturated rings. The number of rotatable bonds is 8. The predicted octanol–water partition coefficient (Wildman–Crippen LogP) is 5.79. The van der Waals surface area contributed by atoms with Crippen molar-refractivity contribution in [3.05, 3.63) is 94.3 Å². The molecule has 6 rings (SSSR count). The third kappa shape index (κ3) is 5.70. The molecule has 2 N–H and O–H groups in total. The van der Waals surface area contributed by atoms with Crippen molar-refractivity contribution in [3.8, 4) is 0 Å². The van der Waals surface area contributed by atoms with E-state index in [4.69, 9.17) is 11.6 Å². The smallest absolute Gasteiger partial charge is 0.251 e. The predicted molar refractivity (Wildman–Crippen MR) is 162 cm³/mol. The minimum atomic E-state index is -0.248. The van der Waals surface area contributed by atoms with Crippen LogP contribution in [-0.2, 0) is 16.8 Å². The fourth-order valence-corrected chi connectivity index (χ4v) is 7.88. The number of carbonyl (C=O) groups excluding carboxylic acids is 2. The second-order valence-corrected chi connectivity index (χ2v) is 12.7. The molecule has 1 spiro atoms. The zero-order chi connectivity index (χ0) is 28.6. The van der Waals surface area contributed by atoms with E-state index < -0.39 is 0 Å². The van der Waals surface area contributed by atoms with Gasteiger partial charge in [-0.1, -0.05) is 29.8 Å². The molecule has 2 heterocycles. The molecule has 1 atom stereocenters. The first-order chi connectivity index (χ1) is 19.9. The Kier molecular flexibility index (Phi) is 7.99. The molecule has 1 unspecified atom stereocenters. The highest BCUT2D eigenvalue weighted by atomic mass is 35.5. The highest BCUT2D eigenvalue weighted by Gasteiger charge is 2.57. The molecule has 0 bridgehead atoms. The zero-order valence-corrected chi connectivity index (χ0v) is 24.6. The summed E-state index contributed by atoms with van der Waals surface area (Å²) in [5, 5.41) is 6.42. The Morgan fingerprint density at radius 2 is 1.78 bits per heavy atom. The number of likely N-dealkylation sites (N-methyl/N-ethyl adjacent to an activating group) is 1. The van der Waals surface area contributed by atoms with Gasteiger partial charge in [0.25, 0.3) is 5.91 Å². The van der Waals surface area contributed by atoms with Crippen molar-refractivity contribution in [2.24, 2.45) is 5.92 Å². The number of nitrogens with zero attached hydrogens (tertiary/aromatic N) is 2. The summed E-state index contributed by atoms with van der Waals surface area (Å²) in [6, 6.07) is 20.5. The Balaban J connectivity index is 1.33.